The van der Waals surface area contributed by atoms with Crippen molar-refractivity contribution < 1.29 is 29.2 Å². The van der Waals surface area contributed by atoms with Gasteiger partial charge in [-0.2, -0.15) is 0 Å². The predicted molar refractivity (Wildman–Crippen MR) is 95.1 cm³/mol. The zero-order valence-corrected chi connectivity index (χ0v) is 14.4. The first-order chi connectivity index (χ1) is 12.6. The molecule has 0 saturated heterocycles. The summed E-state index contributed by atoms with van der Waals surface area (Å²) in [6.07, 6.45) is -6.20. The van der Waals surface area contributed by atoms with Crippen molar-refractivity contribution in [1.29, 1.82) is 0 Å². The second-order valence-corrected chi connectivity index (χ2v) is 6.02. The Morgan fingerprint density at radius 2 is 1.35 bits per heavy atom. The number of aliphatic hydroxyl groups is 3. The summed E-state index contributed by atoms with van der Waals surface area (Å²) in [4.78, 5) is 0. The first-order valence-electron chi connectivity index (χ1n) is 8.50. The van der Waals surface area contributed by atoms with Crippen LogP contribution >= 0.6 is 0 Å². The highest BCUT2D eigenvalue weighted by Gasteiger charge is 2.33. The molecule has 0 heterocycles. The second-order valence-electron chi connectivity index (χ2n) is 6.02. The molecule has 0 aliphatic carbocycles. The molecule has 2 aromatic carbocycles. The highest BCUT2D eigenvalue weighted by Crippen LogP contribution is 2.14. The van der Waals surface area contributed by atoms with Gasteiger partial charge in [-0.05, 0) is 11.1 Å². The van der Waals surface area contributed by atoms with Crippen molar-refractivity contribution in [2.75, 3.05) is 13.2 Å². The van der Waals surface area contributed by atoms with Gasteiger partial charge in [0.25, 0.3) is 0 Å². The average molecular weight is 364 g/mol. The summed E-state index contributed by atoms with van der Waals surface area (Å²) in [7, 11) is 0. The molecule has 0 fully saturated rings. The quantitative estimate of drug-likeness (QED) is 0.567. The first-order valence-corrected chi connectivity index (χ1v) is 8.50. The van der Waals surface area contributed by atoms with Crippen LogP contribution in [0, 0.1) is 0 Å². The Labute approximate surface area is 152 Å². The minimum atomic E-state index is -1.80. The largest absolute Gasteiger partial charge is 0.394 e. The Hall–Kier alpha value is -1.83. The minimum absolute atomic E-state index is 0.136. The van der Waals surface area contributed by atoms with E-state index in [9.17, 15) is 19.7 Å². The van der Waals surface area contributed by atoms with Crippen molar-refractivity contribution in [1.82, 2.24) is 0 Å². The molecule has 2 aromatic rings. The van der Waals surface area contributed by atoms with Gasteiger partial charge in [0, 0.05) is 0 Å². The summed E-state index contributed by atoms with van der Waals surface area (Å²) in [5.74, 6) is 0. The molecule has 0 aromatic heterocycles. The molecule has 0 radical (unpaired) electrons. The van der Waals surface area contributed by atoms with Gasteiger partial charge in [-0.3, -0.25) is 0 Å². The standard InChI is InChI=1S/C20H25FO5/c21-17(14-25-12-15-7-3-1-4-8-15)19(23)20(24)18(11-22)26-13-16-9-5-2-6-10-16/h1-10,17-20,22-24H,11-14H2/t17-,18-,19-,20+/m1/s1. The predicted octanol–water partition coefficient (Wildman–Crippen LogP) is 1.84. The first kappa shape index (κ1) is 20.5. The number of benzene rings is 2. The number of ether oxygens (including phenoxy) is 2. The number of halogens is 1. The van der Waals surface area contributed by atoms with Gasteiger partial charge in [0.1, 0.15) is 18.3 Å². The number of rotatable bonds is 11. The summed E-state index contributed by atoms with van der Waals surface area (Å²) in [5.41, 5.74) is 1.73. The molecule has 0 amide bonds. The Kier molecular flexibility index (Phi) is 8.67. The number of aliphatic hydroxyl groups excluding tert-OH is 3. The van der Waals surface area contributed by atoms with Crippen molar-refractivity contribution >= 4 is 0 Å². The smallest absolute Gasteiger partial charge is 0.152 e. The van der Waals surface area contributed by atoms with Crippen LogP contribution in [0.4, 0.5) is 4.39 Å². The molecule has 2 rings (SSSR count). The maximum atomic E-state index is 14.1. The van der Waals surface area contributed by atoms with Crippen LogP contribution in [0.1, 0.15) is 11.1 Å². The van der Waals surface area contributed by atoms with E-state index in [2.05, 4.69) is 0 Å². The Morgan fingerprint density at radius 1 is 0.808 bits per heavy atom. The van der Waals surface area contributed by atoms with E-state index in [1.807, 2.05) is 60.7 Å². The third kappa shape index (κ3) is 6.48. The van der Waals surface area contributed by atoms with E-state index in [0.29, 0.717) is 0 Å². The van der Waals surface area contributed by atoms with Gasteiger partial charge in [-0.15, -0.1) is 0 Å². The van der Waals surface area contributed by atoms with E-state index in [1.165, 1.54) is 0 Å². The molecule has 142 valence electrons. The van der Waals surface area contributed by atoms with Crippen LogP contribution in [0.25, 0.3) is 0 Å². The normalized spacial score (nSPS) is 16.0. The van der Waals surface area contributed by atoms with Gasteiger partial charge in [0.05, 0.1) is 26.4 Å². The summed E-state index contributed by atoms with van der Waals surface area (Å²) >= 11 is 0. The van der Waals surface area contributed by atoms with E-state index in [0.717, 1.165) is 11.1 Å². The summed E-state index contributed by atoms with van der Waals surface area (Å²) in [6, 6.07) is 18.4. The fraction of sp³-hybridized carbons (Fsp3) is 0.400. The van der Waals surface area contributed by atoms with E-state index < -0.39 is 31.1 Å². The van der Waals surface area contributed by atoms with Gasteiger partial charge in [0.2, 0.25) is 0 Å². The van der Waals surface area contributed by atoms with Crippen LogP contribution in [0.15, 0.2) is 60.7 Å². The molecule has 0 aliphatic rings. The fourth-order valence-electron chi connectivity index (χ4n) is 2.43. The van der Waals surface area contributed by atoms with Gasteiger partial charge in [-0.25, -0.2) is 4.39 Å². The molecule has 5 nitrogen and oxygen atoms in total. The molecular formula is C20H25FO5. The molecule has 0 saturated carbocycles. The van der Waals surface area contributed by atoms with Gasteiger partial charge in [-0.1, -0.05) is 60.7 Å². The maximum Gasteiger partial charge on any atom is 0.152 e. The molecule has 26 heavy (non-hydrogen) atoms. The van der Waals surface area contributed by atoms with Gasteiger partial charge < -0.3 is 24.8 Å². The Morgan fingerprint density at radius 3 is 1.88 bits per heavy atom. The van der Waals surface area contributed by atoms with E-state index in [4.69, 9.17) is 9.47 Å². The third-order valence-corrected chi connectivity index (χ3v) is 3.98. The molecular weight excluding hydrogens is 339 g/mol. The zero-order valence-electron chi connectivity index (χ0n) is 14.4. The summed E-state index contributed by atoms with van der Waals surface area (Å²) in [5, 5.41) is 29.5. The molecule has 0 bridgehead atoms. The average Bonchev–Trinajstić information content (AvgIpc) is 2.69. The van der Waals surface area contributed by atoms with E-state index in [-0.39, 0.29) is 19.8 Å². The SMILES string of the molecule is OC[C@@H](OCc1ccccc1)[C@H](O)[C@H](O)[C@H](F)COCc1ccccc1. The van der Waals surface area contributed by atoms with Crippen LogP contribution in [0.2, 0.25) is 0 Å². The third-order valence-electron chi connectivity index (χ3n) is 3.98. The van der Waals surface area contributed by atoms with Crippen LogP contribution in [-0.2, 0) is 22.7 Å². The van der Waals surface area contributed by atoms with Crippen LogP contribution in [0.3, 0.4) is 0 Å². The Bertz CT molecular complexity index is 610. The molecule has 0 unspecified atom stereocenters. The van der Waals surface area contributed by atoms with Crippen molar-refractivity contribution in [2.24, 2.45) is 0 Å². The monoisotopic (exact) mass is 364 g/mol. The van der Waals surface area contributed by atoms with Crippen molar-refractivity contribution in [3.8, 4) is 0 Å². The molecule has 6 heteroatoms. The second kappa shape index (κ2) is 11.0. The van der Waals surface area contributed by atoms with Crippen molar-refractivity contribution in [2.45, 2.75) is 37.7 Å². The van der Waals surface area contributed by atoms with Gasteiger partial charge in [0.15, 0.2) is 6.17 Å². The lowest BCUT2D eigenvalue weighted by atomic mass is 10.0. The lowest BCUT2D eigenvalue weighted by molar-refractivity contribution is -0.135. The van der Waals surface area contributed by atoms with Crippen LogP contribution < -0.4 is 0 Å². The molecule has 3 N–H and O–H groups in total. The van der Waals surface area contributed by atoms with Crippen molar-refractivity contribution in [3.05, 3.63) is 71.8 Å². The highest BCUT2D eigenvalue weighted by molar-refractivity contribution is 5.14. The lowest BCUT2D eigenvalue weighted by Gasteiger charge is -2.27. The summed E-state index contributed by atoms with van der Waals surface area (Å²) in [6.45, 7) is -0.568. The van der Waals surface area contributed by atoms with Crippen LogP contribution in [0.5, 0.6) is 0 Å². The maximum absolute atomic E-state index is 14.1. The lowest BCUT2D eigenvalue weighted by Crippen LogP contribution is -2.46. The number of hydrogen-bond donors (Lipinski definition) is 3. The van der Waals surface area contributed by atoms with E-state index in [1.54, 1.807) is 0 Å². The molecule has 4 atom stereocenters. The number of alkyl halides is 1. The van der Waals surface area contributed by atoms with Crippen LogP contribution in [-0.4, -0.2) is 53.0 Å². The minimum Gasteiger partial charge on any atom is -0.394 e. The highest BCUT2D eigenvalue weighted by atomic mass is 19.1. The van der Waals surface area contributed by atoms with E-state index >= 15 is 0 Å². The molecule has 0 spiro atoms. The summed E-state index contributed by atoms with van der Waals surface area (Å²) < 4.78 is 24.8. The number of hydrogen-bond acceptors (Lipinski definition) is 5. The van der Waals surface area contributed by atoms with Crippen molar-refractivity contribution in [3.63, 3.8) is 0 Å². The fourth-order valence-corrected chi connectivity index (χ4v) is 2.43. The van der Waals surface area contributed by atoms with Gasteiger partial charge >= 0.3 is 0 Å². The Balaban J connectivity index is 1.78. The molecule has 0 aliphatic heterocycles. The zero-order chi connectivity index (χ0) is 18.8. The topological polar surface area (TPSA) is 79.2 Å².